The standard InChI is InChI=1S/C24H26N4O5S/c1-32-14-13-28(16-17-5-4-6-19(15-17)23(25)26)24(29)33-20-11-9-18(10-12-20)21-7-2-3-8-22(21)34(27,30)31/h2-12,15H,13-14,16H2,1H3,(H3,25,26)(H2,27,30,31). The Morgan fingerprint density at radius 1 is 1.03 bits per heavy atom. The van der Waals surface area contributed by atoms with E-state index in [2.05, 4.69) is 0 Å². The number of carbonyl (C=O) groups excluding carboxylic acids is 1. The predicted octanol–water partition coefficient (Wildman–Crippen LogP) is 2.93. The maximum atomic E-state index is 12.9. The third-order valence-corrected chi connectivity index (χ3v) is 5.97. The van der Waals surface area contributed by atoms with Crippen molar-refractivity contribution in [2.45, 2.75) is 11.4 Å². The van der Waals surface area contributed by atoms with Crippen molar-refractivity contribution in [2.24, 2.45) is 10.9 Å². The number of nitrogen functional groups attached to an aromatic ring is 1. The summed E-state index contributed by atoms with van der Waals surface area (Å²) in [5, 5.41) is 12.9. The molecular weight excluding hydrogens is 456 g/mol. The van der Waals surface area contributed by atoms with E-state index in [0.29, 0.717) is 35.6 Å². The molecule has 0 spiro atoms. The quantitative estimate of drug-likeness (QED) is 0.315. The number of nitrogens with zero attached hydrogens (tertiary/aromatic N) is 1. The van der Waals surface area contributed by atoms with Crippen LogP contribution >= 0.6 is 0 Å². The summed E-state index contributed by atoms with van der Waals surface area (Å²) in [5.41, 5.74) is 7.98. The first-order valence-corrected chi connectivity index (χ1v) is 11.8. The fraction of sp³-hybridized carbons (Fsp3) is 0.167. The van der Waals surface area contributed by atoms with Gasteiger partial charge < -0.3 is 20.1 Å². The Labute approximate surface area is 198 Å². The average molecular weight is 483 g/mol. The Morgan fingerprint density at radius 2 is 1.74 bits per heavy atom. The van der Waals surface area contributed by atoms with Gasteiger partial charge in [0, 0.05) is 31.3 Å². The summed E-state index contributed by atoms with van der Waals surface area (Å²) in [6.45, 7) is 0.841. The highest BCUT2D eigenvalue weighted by Gasteiger charge is 2.18. The van der Waals surface area contributed by atoms with Crippen molar-refractivity contribution in [3.8, 4) is 16.9 Å². The molecule has 0 aliphatic rings. The molecule has 1 amide bonds. The Bertz CT molecular complexity index is 1280. The highest BCUT2D eigenvalue weighted by atomic mass is 32.2. The molecule has 0 aromatic heterocycles. The zero-order chi connectivity index (χ0) is 24.7. The number of hydrogen-bond donors (Lipinski definition) is 3. The third kappa shape index (κ3) is 6.41. The molecule has 3 aromatic carbocycles. The topological polar surface area (TPSA) is 149 Å². The Hall–Kier alpha value is -3.73. The number of carbonyl (C=O) groups is 1. The number of benzene rings is 3. The number of rotatable bonds is 9. The van der Waals surface area contributed by atoms with E-state index >= 15 is 0 Å². The minimum Gasteiger partial charge on any atom is -0.410 e. The van der Waals surface area contributed by atoms with Gasteiger partial charge >= 0.3 is 6.09 Å². The third-order valence-electron chi connectivity index (χ3n) is 5.00. The molecule has 0 fully saturated rings. The van der Waals surface area contributed by atoms with E-state index < -0.39 is 16.1 Å². The molecule has 0 radical (unpaired) electrons. The van der Waals surface area contributed by atoms with Crippen LogP contribution in [0.25, 0.3) is 11.1 Å². The lowest BCUT2D eigenvalue weighted by Gasteiger charge is -2.22. The Kier molecular flexibility index (Phi) is 8.00. The Morgan fingerprint density at radius 3 is 2.38 bits per heavy atom. The monoisotopic (exact) mass is 482 g/mol. The van der Waals surface area contributed by atoms with Crippen molar-refractivity contribution in [3.05, 3.63) is 83.9 Å². The number of hydrogen-bond acceptors (Lipinski definition) is 6. The van der Waals surface area contributed by atoms with E-state index in [0.717, 1.165) is 5.56 Å². The Balaban J connectivity index is 1.77. The number of ether oxygens (including phenoxy) is 2. The molecule has 10 heteroatoms. The molecule has 178 valence electrons. The summed E-state index contributed by atoms with van der Waals surface area (Å²) in [5.74, 6) is 0.235. The SMILES string of the molecule is COCCN(Cc1cccc(C(=N)N)c1)C(=O)Oc1ccc(-c2ccccc2S(N)(=O)=O)cc1. The van der Waals surface area contributed by atoms with E-state index in [9.17, 15) is 13.2 Å². The number of nitrogens with one attached hydrogen (secondary N) is 1. The van der Waals surface area contributed by atoms with Crippen LogP contribution in [0.5, 0.6) is 5.75 Å². The first-order chi connectivity index (χ1) is 16.2. The number of nitrogens with two attached hydrogens (primary N) is 2. The van der Waals surface area contributed by atoms with Crippen LogP contribution in [0.2, 0.25) is 0 Å². The van der Waals surface area contributed by atoms with Gasteiger partial charge in [-0.25, -0.2) is 18.4 Å². The molecule has 3 aromatic rings. The summed E-state index contributed by atoms with van der Waals surface area (Å²) >= 11 is 0. The summed E-state index contributed by atoms with van der Waals surface area (Å²) in [4.78, 5) is 14.4. The van der Waals surface area contributed by atoms with Gasteiger partial charge in [-0.05, 0) is 35.4 Å². The van der Waals surface area contributed by atoms with Gasteiger partial charge in [0.25, 0.3) is 0 Å². The number of amides is 1. The molecule has 0 atom stereocenters. The highest BCUT2D eigenvalue weighted by Crippen LogP contribution is 2.28. The number of methoxy groups -OCH3 is 1. The smallest absolute Gasteiger partial charge is 0.410 e. The second-order valence-corrected chi connectivity index (χ2v) is 8.99. The zero-order valence-corrected chi connectivity index (χ0v) is 19.4. The second-order valence-electron chi connectivity index (χ2n) is 7.46. The summed E-state index contributed by atoms with van der Waals surface area (Å²) < 4.78 is 34.4. The zero-order valence-electron chi connectivity index (χ0n) is 18.6. The summed E-state index contributed by atoms with van der Waals surface area (Å²) in [6, 6.07) is 19.9. The van der Waals surface area contributed by atoms with Crippen LogP contribution in [0.3, 0.4) is 0 Å². The predicted molar refractivity (Wildman–Crippen MR) is 129 cm³/mol. The molecule has 0 saturated heterocycles. The van der Waals surface area contributed by atoms with Crippen molar-refractivity contribution in [2.75, 3.05) is 20.3 Å². The minimum absolute atomic E-state index is 0.0123. The van der Waals surface area contributed by atoms with Crippen molar-refractivity contribution < 1.29 is 22.7 Å². The molecule has 0 aliphatic heterocycles. The van der Waals surface area contributed by atoms with Gasteiger partial charge in [0.1, 0.15) is 11.6 Å². The van der Waals surface area contributed by atoms with Crippen LogP contribution in [-0.2, 0) is 21.3 Å². The first-order valence-electron chi connectivity index (χ1n) is 10.3. The van der Waals surface area contributed by atoms with Crippen LogP contribution < -0.4 is 15.6 Å². The number of primary sulfonamides is 1. The summed E-state index contributed by atoms with van der Waals surface area (Å²) in [6.07, 6.45) is -0.581. The van der Waals surface area contributed by atoms with Crippen molar-refractivity contribution in [3.63, 3.8) is 0 Å². The largest absolute Gasteiger partial charge is 0.415 e. The van der Waals surface area contributed by atoms with Gasteiger partial charge in [-0.2, -0.15) is 0 Å². The molecule has 3 rings (SSSR count). The molecule has 9 nitrogen and oxygen atoms in total. The molecule has 0 unspecified atom stereocenters. The van der Waals surface area contributed by atoms with Crippen molar-refractivity contribution >= 4 is 22.0 Å². The fourth-order valence-corrected chi connectivity index (χ4v) is 4.08. The second kappa shape index (κ2) is 10.9. The van der Waals surface area contributed by atoms with E-state index in [-0.39, 0.29) is 17.3 Å². The molecule has 0 aliphatic carbocycles. The molecule has 0 bridgehead atoms. The van der Waals surface area contributed by atoms with Crippen LogP contribution in [0.4, 0.5) is 4.79 Å². The van der Waals surface area contributed by atoms with Gasteiger partial charge in [-0.15, -0.1) is 0 Å². The van der Waals surface area contributed by atoms with Crippen molar-refractivity contribution in [1.82, 2.24) is 4.90 Å². The number of sulfonamides is 1. The van der Waals surface area contributed by atoms with Crippen molar-refractivity contribution in [1.29, 1.82) is 5.41 Å². The van der Waals surface area contributed by atoms with Crippen LogP contribution in [-0.4, -0.2) is 45.5 Å². The fourth-order valence-electron chi connectivity index (χ4n) is 3.32. The molecule has 5 N–H and O–H groups in total. The van der Waals surface area contributed by atoms with E-state index in [1.807, 2.05) is 6.07 Å². The van der Waals surface area contributed by atoms with Gasteiger partial charge in [0.05, 0.1) is 11.5 Å². The first kappa shape index (κ1) is 24.9. The lowest BCUT2D eigenvalue weighted by atomic mass is 10.1. The van der Waals surface area contributed by atoms with Crippen LogP contribution in [0.15, 0.2) is 77.7 Å². The maximum Gasteiger partial charge on any atom is 0.415 e. The lowest BCUT2D eigenvalue weighted by Crippen LogP contribution is -2.35. The van der Waals surface area contributed by atoms with Gasteiger partial charge in [-0.3, -0.25) is 5.41 Å². The van der Waals surface area contributed by atoms with Gasteiger partial charge in [-0.1, -0.05) is 48.5 Å². The molecule has 34 heavy (non-hydrogen) atoms. The van der Waals surface area contributed by atoms with E-state index in [4.69, 9.17) is 25.8 Å². The molecular formula is C24H26N4O5S. The minimum atomic E-state index is -3.89. The normalized spacial score (nSPS) is 11.1. The van der Waals surface area contributed by atoms with Crippen LogP contribution in [0, 0.1) is 5.41 Å². The molecule has 0 saturated carbocycles. The highest BCUT2D eigenvalue weighted by molar-refractivity contribution is 7.89. The lowest BCUT2D eigenvalue weighted by molar-refractivity contribution is 0.120. The average Bonchev–Trinajstić information content (AvgIpc) is 2.82. The number of amidine groups is 1. The maximum absolute atomic E-state index is 12.9. The van der Waals surface area contributed by atoms with Gasteiger partial charge in [0.2, 0.25) is 10.0 Å². The van der Waals surface area contributed by atoms with E-state index in [1.165, 1.54) is 18.1 Å². The molecule has 0 heterocycles. The summed E-state index contributed by atoms with van der Waals surface area (Å²) in [7, 11) is -2.35. The van der Waals surface area contributed by atoms with Gasteiger partial charge in [0.15, 0.2) is 0 Å². The van der Waals surface area contributed by atoms with E-state index in [1.54, 1.807) is 60.7 Å². The van der Waals surface area contributed by atoms with Crippen LogP contribution in [0.1, 0.15) is 11.1 Å².